The van der Waals surface area contributed by atoms with E-state index < -0.39 is 0 Å². The Balaban J connectivity index is 1.72. The monoisotopic (exact) mass is 304 g/mol. The van der Waals surface area contributed by atoms with Crippen molar-refractivity contribution < 1.29 is 0 Å². The molecule has 0 atom stereocenters. The van der Waals surface area contributed by atoms with Gasteiger partial charge < -0.3 is 10.6 Å². The molecule has 0 radical (unpaired) electrons. The summed E-state index contributed by atoms with van der Waals surface area (Å²) in [7, 11) is 0. The molecule has 0 aliphatic carbocycles. The van der Waals surface area contributed by atoms with Crippen LogP contribution in [0.5, 0.6) is 0 Å². The van der Waals surface area contributed by atoms with Crippen LogP contribution in [-0.4, -0.2) is 9.97 Å². The smallest absolute Gasteiger partial charge is 0.144 e. The number of aromatic nitrogens is 2. The van der Waals surface area contributed by atoms with Gasteiger partial charge in [-0.05, 0) is 32.6 Å². The summed E-state index contributed by atoms with van der Waals surface area (Å²) in [5, 5.41) is 6.65. The normalized spacial score (nSPS) is 13.4. The first kappa shape index (κ1) is 11.6. The third-order valence-corrected chi connectivity index (χ3v) is 3.61. The fraction of sp³-hybridized carbons (Fsp3) is 0.231. The van der Waals surface area contributed by atoms with Crippen LogP contribution in [0.4, 0.5) is 5.82 Å². The van der Waals surface area contributed by atoms with E-state index in [1.54, 1.807) is 12.5 Å². The highest BCUT2D eigenvalue weighted by molar-refractivity contribution is 9.10. The summed E-state index contributed by atoms with van der Waals surface area (Å²) < 4.78 is 0.882. The molecule has 92 valence electrons. The molecule has 5 heteroatoms. The summed E-state index contributed by atoms with van der Waals surface area (Å²) in [5.74, 6) is 0.823. The number of benzene rings is 1. The zero-order valence-corrected chi connectivity index (χ0v) is 11.4. The minimum Gasteiger partial charge on any atom is -0.365 e. The van der Waals surface area contributed by atoms with Gasteiger partial charge in [-0.2, -0.15) is 0 Å². The molecule has 3 rings (SSSR count). The van der Waals surface area contributed by atoms with Crippen LogP contribution in [-0.2, 0) is 19.6 Å². The predicted octanol–water partition coefficient (Wildman–Crippen LogP) is 2.45. The third-order valence-electron chi connectivity index (χ3n) is 3.03. The molecule has 0 bridgehead atoms. The van der Waals surface area contributed by atoms with Gasteiger partial charge in [0.1, 0.15) is 12.1 Å². The lowest BCUT2D eigenvalue weighted by Crippen LogP contribution is -2.03. The van der Waals surface area contributed by atoms with Gasteiger partial charge in [-0.15, -0.1) is 0 Å². The van der Waals surface area contributed by atoms with E-state index in [4.69, 9.17) is 0 Å². The van der Waals surface area contributed by atoms with Crippen molar-refractivity contribution in [2.24, 2.45) is 0 Å². The van der Waals surface area contributed by atoms with Gasteiger partial charge in [0, 0.05) is 25.8 Å². The molecule has 2 N–H and O–H groups in total. The van der Waals surface area contributed by atoms with Crippen molar-refractivity contribution >= 4 is 21.7 Å². The van der Waals surface area contributed by atoms with Crippen LogP contribution in [0.25, 0.3) is 0 Å². The molecule has 4 nitrogen and oxygen atoms in total. The zero-order chi connectivity index (χ0) is 12.4. The largest absolute Gasteiger partial charge is 0.365 e. The molecule has 1 aliphatic rings. The number of rotatable bonds is 3. The average molecular weight is 305 g/mol. The lowest BCUT2D eigenvalue weighted by Gasteiger charge is -2.08. The summed E-state index contributed by atoms with van der Waals surface area (Å²) in [6.45, 7) is 2.73. The van der Waals surface area contributed by atoms with Gasteiger partial charge in [-0.3, -0.25) is 0 Å². The fourth-order valence-electron chi connectivity index (χ4n) is 2.09. The molecule has 0 fully saturated rings. The molecule has 1 aromatic heterocycles. The third kappa shape index (κ3) is 2.37. The van der Waals surface area contributed by atoms with Gasteiger partial charge in [0.25, 0.3) is 0 Å². The SMILES string of the molecule is Brc1cncnc1NCc1ccc2c(c1)CNC2. The molecule has 2 aromatic rings. The zero-order valence-electron chi connectivity index (χ0n) is 9.78. The molecular weight excluding hydrogens is 292 g/mol. The second-order valence-electron chi connectivity index (χ2n) is 4.28. The van der Waals surface area contributed by atoms with Crippen molar-refractivity contribution in [1.29, 1.82) is 0 Å². The Bertz CT molecular complexity index is 571. The Labute approximate surface area is 114 Å². The van der Waals surface area contributed by atoms with Crippen molar-refractivity contribution in [3.8, 4) is 0 Å². The van der Waals surface area contributed by atoms with Crippen LogP contribution in [0.2, 0.25) is 0 Å². The molecule has 18 heavy (non-hydrogen) atoms. The number of fused-ring (bicyclic) bond motifs is 1. The summed E-state index contributed by atoms with van der Waals surface area (Å²) in [6, 6.07) is 6.60. The summed E-state index contributed by atoms with van der Waals surface area (Å²) in [5.41, 5.74) is 4.07. The van der Waals surface area contributed by atoms with Gasteiger partial charge in [0.05, 0.1) is 4.47 Å². The molecule has 1 aromatic carbocycles. The first-order valence-corrected chi connectivity index (χ1v) is 6.63. The summed E-state index contributed by atoms with van der Waals surface area (Å²) in [4.78, 5) is 8.13. The first-order valence-electron chi connectivity index (χ1n) is 5.84. The number of hydrogen-bond donors (Lipinski definition) is 2. The van der Waals surface area contributed by atoms with Crippen LogP contribution < -0.4 is 10.6 Å². The van der Waals surface area contributed by atoms with Crippen molar-refractivity contribution in [2.75, 3.05) is 5.32 Å². The molecule has 0 saturated heterocycles. The van der Waals surface area contributed by atoms with E-state index >= 15 is 0 Å². The van der Waals surface area contributed by atoms with E-state index in [2.05, 4.69) is 54.7 Å². The molecular formula is C13H13BrN4. The first-order chi connectivity index (χ1) is 8.83. The Kier molecular flexibility index (Phi) is 3.25. The topological polar surface area (TPSA) is 49.8 Å². The second kappa shape index (κ2) is 5.04. The highest BCUT2D eigenvalue weighted by Crippen LogP contribution is 2.20. The number of nitrogens with one attached hydrogen (secondary N) is 2. The van der Waals surface area contributed by atoms with Crippen LogP contribution >= 0.6 is 15.9 Å². The van der Waals surface area contributed by atoms with E-state index in [1.165, 1.54) is 16.7 Å². The van der Waals surface area contributed by atoms with Crippen LogP contribution in [0.1, 0.15) is 16.7 Å². The van der Waals surface area contributed by atoms with Crippen molar-refractivity contribution in [3.05, 3.63) is 51.9 Å². The molecule has 0 amide bonds. The summed E-state index contributed by atoms with van der Waals surface area (Å²) >= 11 is 3.42. The van der Waals surface area contributed by atoms with E-state index in [9.17, 15) is 0 Å². The van der Waals surface area contributed by atoms with Gasteiger partial charge in [-0.1, -0.05) is 18.2 Å². The highest BCUT2D eigenvalue weighted by Gasteiger charge is 2.10. The number of halogens is 1. The van der Waals surface area contributed by atoms with Gasteiger partial charge in [0.15, 0.2) is 0 Å². The molecule has 0 saturated carbocycles. The highest BCUT2D eigenvalue weighted by atomic mass is 79.9. The van der Waals surface area contributed by atoms with Gasteiger partial charge in [-0.25, -0.2) is 9.97 Å². The Morgan fingerprint density at radius 2 is 2.17 bits per heavy atom. The molecule has 0 spiro atoms. The van der Waals surface area contributed by atoms with Crippen molar-refractivity contribution in [2.45, 2.75) is 19.6 Å². The van der Waals surface area contributed by atoms with Crippen LogP contribution in [0.15, 0.2) is 35.2 Å². The Morgan fingerprint density at radius 1 is 1.28 bits per heavy atom. The lowest BCUT2D eigenvalue weighted by atomic mass is 10.1. The maximum absolute atomic E-state index is 4.18. The van der Waals surface area contributed by atoms with E-state index in [0.29, 0.717) is 0 Å². The average Bonchev–Trinajstić information content (AvgIpc) is 2.85. The minimum absolute atomic E-state index is 0.767. The van der Waals surface area contributed by atoms with E-state index in [-0.39, 0.29) is 0 Å². The number of nitrogens with zero attached hydrogens (tertiary/aromatic N) is 2. The molecule has 0 unspecified atom stereocenters. The minimum atomic E-state index is 0.767. The second-order valence-corrected chi connectivity index (χ2v) is 5.13. The van der Waals surface area contributed by atoms with Gasteiger partial charge >= 0.3 is 0 Å². The molecule has 1 aliphatic heterocycles. The maximum atomic E-state index is 4.18. The van der Waals surface area contributed by atoms with Crippen molar-refractivity contribution in [1.82, 2.24) is 15.3 Å². The quantitative estimate of drug-likeness (QED) is 0.914. The van der Waals surface area contributed by atoms with Gasteiger partial charge in [0.2, 0.25) is 0 Å². The van der Waals surface area contributed by atoms with E-state index in [0.717, 1.165) is 29.9 Å². The maximum Gasteiger partial charge on any atom is 0.144 e. The van der Waals surface area contributed by atoms with E-state index in [1.807, 2.05) is 0 Å². The Morgan fingerprint density at radius 3 is 3.06 bits per heavy atom. The summed E-state index contributed by atoms with van der Waals surface area (Å²) in [6.07, 6.45) is 3.28. The fourth-order valence-corrected chi connectivity index (χ4v) is 2.45. The van der Waals surface area contributed by atoms with Crippen LogP contribution in [0, 0.1) is 0 Å². The number of hydrogen-bond acceptors (Lipinski definition) is 4. The predicted molar refractivity (Wildman–Crippen MR) is 74.0 cm³/mol. The molecule has 2 heterocycles. The lowest BCUT2D eigenvalue weighted by molar-refractivity contribution is 0.764. The number of anilines is 1. The standard InChI is InChI=1S/C13H13BrN4/c14-12-7-16-8-18-13(12)17-4-9-1-2-10-5-15-6-11(10)3-9/h1-3,7-8,15H,4-6H2,(H,16,17,18). The Hall–Kier alpha value is -1.46. The van der Waals surface area contributed by atoms with Crippen molar-refractivity contribution in [3.63, 3.8) is 0 Å². The van der Waals surface area contributed by atoms with Crippen LogP contribution in [0.3, 0.4) is 0 Å².